The van der Waals surface area contributed by atoms with Gasteiger partial charge in [-0.05, 0) is 43.0 Å². The molecule has 1 unspecified atom stereocenters. The van der Waals surface area contributed by atoms with Crippen molar-refractivity contribution < 1.29 is 4.79 Å². The number of likely N-dealkylation sites (tertiary alicyclic amines) is 1. The Hall–Kier alpha value is -2.37. The molecule has 1 atom stereocenters. The molecule has 1 fully saturated rings. The van der Waals surface area contributed by atoms with Crippen molar-refractivity contribution in [2.45, 2.75) is 31.6 Å². The van der Waals surface area contributed by atoms with Crippen molar-refractivity contribution in [2.24, 2.45) is 7.05 Å². The fourth-order valence-corrected chi connectivity index (χ4v) is 3.45. The number of carbonyl (C=O) groups excluding carboxylic acids is 1. The van der Waals surface area contributed by atoms with Crippen molar-refractivity contribution in [1.29, 1.82) is 0 Å². The highest BCUT2D eigenvalue weighted by molar-refractivity contribution is 5.76. The topological polar surface area (TPSA) is 54.3 Å². The third-order valence-electron chi connectivity index (χ3n) is 4.99. The summed E-state index contributed by atoms with van der Waals surface area (Å²) >= 11 is 0. The van der Waals surface area contributed by atoms with Gasteiger partial charge in [-0.1, -0.05) is 0 Å². The molecule has 1 aliphatic rings. The van der Waals surface area contributed by atoms with Gasteiger partial charge in [0.1, 0.15) is 5.82 Å². The number of piperidine rings is 1. The van der Waals surface area contributed by atoms with E-state index in [9.17, 15) is 4.79 Å². The molecular weight excluding hydrogens is 314 g/mol. The summed E-state index contributed by atoms with van der Waals surface area (Å²) in [5.74, 6) is 1.61. The second-order valence-electron chi connectivity index (χ2n) is 6.97. The van der Waals surface area contributed by atoms with E-state index in [1.807, 2.05) is 47.9 Å². The van der Waals surface area contributed by atoms with E-state index in [0.29, 0.717) is 12.3 Å². The minimum Gasteiger partial charge on any atom is -0.363 e. The molecule has 0 aliphatic carbocycles. The van der Waals surface area contributed by atoms with Crippen LogP contribution in [-0.2, 0) is 18.3 Å². The molecule has 6 nitrogen and oxygen atoms in total. The molecule has 2 aromatic heterocycles. The van der Waals surface area contributed by atoms with Crippen LogP contribution in [0, 0.1) is 0 Å². The van der Waals surface area contributed by atoms with E-state index in [1.165, 1.54) is 5.56 Å². The summed E-state index contributed by atoms with van der Waals surface area (Å²) < 4.78 is 1.84. The predicted molar refractivity (Wildman–Crippen MR) is 98.6 cm³/mol. The molecule has 0 aromatic carbocycles. The lowest BCUT2D eigenvalue weighted by atomic mass is 9.91. The highest BCUT2D eigenvalue weighted by Gasteiger charge is 2.25. The lowest BCUT2D eigenvalue weighted by molar-refractivity contribution is -0.132. The highest BCUT2D eigenvalue weighted by Crippen LogP contribution is 2.28. The normalized spacial score (nSPS) is 17.6. The van der Waals surface area contributed by atoms with Crippen LogP contribution in [0.2, 0.25) is 0 Å². The molecule has 0 N–H and O–H groups in total. The van der Waals surface area contributed by atoms with Gasteiger partial charge in [-0.3, -0.25) is 9.48 Å². The Bertz CT molecular complexity index is 724. The number of aromatic nitrogens is 3. The zero-order valence-corrected chi connectivity index (χ0v) is 15.4. The maximum absolute atomic E-state index is 12.6. The number of aryl methyl sites for hydroxylation is 2. The van der Waals surface area contributed by atoms with Gasteiger partial charge in [-0.15, -0.1) is 0 Å². The summed E-state index contributed by atoms with van der Waals surface area (Å²) in [6.45, 7) is 1.67. The number of rotatable bonds is 5. The summed E-state index contributed by atoms with van der Waals surface area (Å²) in [5.41, 5.74) is 2.38. The van der Waals surface area contributed by atoms with Gasteiger partial charge in [-0.2, -0.15) is 5.10 Å². The number of hydrogen-bond acceptors (Lipinski definition) is 4. The Morgan fingerprint density at radius 1 is 1.32 bits per heavy atom. The van der Waals surface area contributed by atoms with E-state index in [0.717, 1.165) is 43.9 Å². The van der Waals surface area contributed by atoms with Crippen molar-refractivity contribution in [3.8, 4) is 0 Å². The monoisotopic (exact) mass is 341 g/mol. The fraction of sp³-hybridized carbons (Fsp3) is 0.526. The van der Waals surface area contributed by atoms with Crippen LogP contribution in [0.5, 0.6) is 0 Å². The number of hydrogen-bond donors (Lipinski definition) is 0. The smallest absolute Gasteiger partial charge is 0.222 e. The molecule has 1 amide bonds. The third-order valence-corrected chi connectivity index (χ3v) is 4.99. The first-order valence-corrected chi connectivity index (χ1v) is 8.92. The average molecular weight is 341 g/mol. The van der Waals surface area contributed by atoms with Gasteiger partial charge in [0, 0.05) is 64.7 Å². The van der Waals surface area contributed by atoms with E-state index < -0.39 is 0 Å². The molecule has 0 radical (unpaired) electrons. The second-order valence-corrected chi connectivity index (χ2v) is 6.97. The van der Waals surface area contributed by atoms with Crippen LogP contribution in [0.3, 0.4) is 0 Å². The standard InChI is InChI=1S/C19H27N5O/c1-22(2)18-13-15(8-10-20-18)16-5-4-12-24(14-16)19(25)7-6-17-9-11-21-23(17)3/h8-11,13,16H,4-7,12,14H2,1-3H3. The van der Waals surface area contributed by atoms with Crippen LogP contribution in [-0.4, -0.2) is 52.8 Å². The third kappa shape index (κ3) is 4.18. The van der Waals surface area contributed by atoms with Crippen molar-refractivity contribution >= 4 is 11.7 Å². The molecule has 3 heterocycles. The molecule has 2 aromatic rings. The van der Waals surface area contributed by atoms with Gasteiger partial charge >= 0.3 is 0 Å². The van der Waals surface area contributed by atoms with E-state index in [-0.39, 0.29) is 5.91 Å². The van der Waals surface area contributed by atoms with Gasteiger partial charge in [0.25, 0.3) is 0 Å². The van der Waals surface area contributed by atoms with Crippen LogP contribution >= 0.6 is 0 Å². The van der Waals surface area contributed by atoms with Crippen LogP contribution in [0.15, 0.2) is 30.6 Å². The van der Waals surface area contributed by atoms with E-state index in [4.69, 9.17) is 0 Å². The minimum atomic E-state index is 0.243. The van der Waals surface area contributed by atoms with Gasteiger partial charge < -0.3 is 9.80 Å². The number of nitrogens with zero attached hydrogens (tertiary/aromatic N) is 5. The van der Waals surface area contributed by atoms with Gasteiger partial charge in [-0.25, -0.2) is 4.98 Å². The van der Waals surface area contributed by atoms with Crippen LogP contribution in [0.4, 0.5) is 5.82 Å². The van der Waals surface area contributed by atoms with Gasteiger partial charge in [0.15, 0.2) is 0 Å². The lowest BCUT2D eigenvalue weighted by Crippen LogP contribution is -2.39. The van der Waals surface area contributed by atoms with Crippen molar-refractivity contribution in [3.63, 3.8) is 0 Å². The van der Waals surface area contributed by atoms with E-state index >= 15 is 0 Å². The molecule has 0 saturated carbocycles. The Morgan fingerprint density at radius 2 is 2.16 bits per heavy atom. The summed E-state index contributed by atoms with van der Waals surface area (Å²) in [4.78, 5) is 21.1. The Morgan fingerprint density at radius 3 is 2.88 bits per heavy atom. The van der Waals surface area contributed by atoms with Gasteiger partial charge in [0.2, 0.25) is 5.91 Å². The van der Waals surface area contributed by atoms with E-state index in [1.54, 1.807) is 6.20 Å². The van der Waals surface area contributed by atoms with Crippen molar-refractivity contribution in [2.75, 3.05) is 32.1 Å². The van der Waals surface area contributed by atoms with Crippen molar-refractivity contribution in [3.05, 3.63) is 41.9 Å². The second kappa shape index (κ2) is 7.68. The number of carbonyl (C=O) groups is 1. The minimum absolute atomic E-state index is 0.243. The Labute approximate surface area is 149 Å². The average Bonchev–Trinajstić information content (AvgIpc) is 3.05. The molecule has 1 saturated heterocycles. The molecule has 134 valence electrons. The van der Waals surface area contributed by atoms with Crippen molar-refractivity contribution in [1.82, 2.24) is 19.7 Å². The number of pyridine rings is 1. The molecule has 6 heteroatoms. The number of anilines is 1. The van der Waals surface area contributed by atoms with Crippen LogP contribution in [0.1, 0.15) is 36.4 Å². The first-order valence-electron chi connectivity index (χ1n) is 8.92. The predicted octanol–water partition coefficient (Wildman–Crippen LogP) is 2.22. The molecule has 0 spiro atoms. The Balaban J connectivity index is 1.61. The molecule has 0 bridgehead atoms. The lowest BCUT2D eigenvalue weighted by Gasteiger charge is -2.33. The fourth-order valence-electron chi connectivity index (χ4n) is 3.45. The van der Waals surface area contributed by atoms with Crippen LogP contribution in [0.25, 0.3) is 0 Å². The zero-order valence-electron chi connectivity index (χ0n) is 15.4. The maximum Gasteiger partial charge on any atom is 0.222 e. The zero-order chi connectivity index (χ0) is 17.8. The summed E-state index contributed by atoms with van der Waals surface area (Å²) in [7, 11) is 5.92. The summed E-state index contributed by atoms with van der Waals surface area (Å²) in [6.07, 6.45) is 7.13. The van der Waals surface area contributed by atoms with Gasteiger partial charge in [0.05, 0.1) is 0 Å². The summed E-state index contributed by atoms with van der Waals surface area (Å²) in [5, 5.41) is 4.16. The molecule has 1 aliphatic heterocycles. The molecule has 3 rings (SSSR count). The summed E-state index contributed by atoms with van der Waals surface area (Å²) in [6, 6.07) is 6.21. The van der Waals surface area contributed by atoms with Crippen LogP contribution < -0.4 is 4.90 Å². The molecular formula is C19H27N5O. The largest absolute Gasteiger partial charge is 0.363 e. The number of amides is 1. The SMILES string of the molecule is CN(C)c1cc(C2CCCN(C(=O)CCc3ccnn3C)C2)ccn1. The Kier molecular flexibility index (Phi) is 5.36. The first kappa shape index (κ1) is 17.5. The maximum atomic E-state index is 12.6. The highest BCUT2D eigenvalue weighted by atomic mass is 16.2. The molecule has 25 heavy (non-hydrogen) atoms. The quantitative estimate of drug-likeness (QED) is 0.837. The first-order chi connectivity index (χ1) is 12.0. The van der Waals surface area contributed by atoms with E-state index in [2.05, 4.69) is 22.2 Å².